The minimum atomic E-state index is 0.264. The first kappa shape index (κ1) is 10.2. The fourth-order valence-electron chi connectivity index (χ4n) is 1.34. The minimum Gasteiger partial charge on any atom is -0.497 e. The molecule has 0 unspecified atom stereocenters. The molecular weight excluding hydrogens is 204 g/mol. The highest BCUT2D eigenvalue weighted by molar-refractivity contribution is 5.54. The van der Waals surface area contributed by atoms with E-state index in [0.29, 0.717) is 11.6 Å². The van der Waals surface area contributed by atoms with E-state index in [2.05, 4.69) is 4.98 Å². The maximum atomic E-state index is 8.52. The number of methoxy groups -OCH3 is 1. The Morgan fingerprint density at radius 2 is 2.12 bits per heavy atom. The van der Waals surface area contributed by atoms with Crippen LogP contribution in [0.2, 0.25) is 0 Å². The van der Waals surface area contributed by atoms with E-state index in [9.17, 15) is 0 Å². The van der Waals surface area contributed by atoms with Crippen molar-refractivity contribution in [1.82, 2.24) is 4.98 Å². The van der Waals surface area contributed by atoms with E-state index in [0.717, 1.165) is 11.3 Å². The van der Waals surface area contributed by atoms with Crippen LogP contribution in [-0.2, 0) is 6.42 Å². The molecule has 0 bridgehead atoms. The van der Waals surface area contributed by atoms with Crippen LogP contribution in [0, 0.1) is 11.3 Å². The van der Waals surface area contributed by atoms with E-state index in [-0.39, 0.29) is 6.42 Å². The van der Waals surface area contributed by atoms with Gasteiger partial charge in [0.2, 0.25) is 5.89 Å². The lowest BCUT2D eigenvalue weighted by molar-refractivity contribution is 0.415. The normalized spacial score (nSPS) is 9.75. The van der Waals surface area contributed by atoms with Crippen LogP contribution in [0.5, 0.6) is 5.75 Å². The standard InChI is InChI=1S/C12H10N2O2/c1-15-11-4-2-9(3-5-11)12-14-10(6-7-13)8-16-12/h2-5,8H,6H2,1H3. The number of benzene rings is 1. The molecule has 4 nitrogen and oxygen atoms in total. The summed E-state index contributed by atoms with van der Waals surface area (Å²) in [6.07, 6.45) is 1.77. The number of ether oxygens (including phenoxy) is 1. The molecule has 0 aliphatic carbocycles. The molecule has 2 aromatic rings. The van der Waals surface area contributed by atoms with Crippen molar-refractivity contribution in [3.63, 3.8) is 0 Å². The molecule has 0 saturated carbocycles. The van der Waals surface area contributed by atoms with Gasteiger partial charge in [0.25, 0.3) is 0 Å². The lowest BCUT2D eigenvalue weighted by Gasteiger charge is -1.99. The Labute approximate surface area is 93.1 Å². The number of nitriles is 1. The summed E-state index contributed by atoms with van der Waals surface area (Å²) in [7, 11) is 1.62. The van der Waals surface area contributed by atoms with Gasteiger partial charge in [-0.05, 0) is 24.3 Å². The summed E-state index contributed by atoms with van der Waals surface area (Å²) >= 11 is 0. The van der Waals surface area contributed by atoms with Crippen molar-refractivity contribution in [1.29, 1.82) is 5.26 Å². The number of hydrogen-bond donors (Lipinski definition) is 0. The van der Waals surface area contributed by atoms with E-state index in [1.54, 1.807) is 7.11 Å². The third-order valence-electron chi connectivity index (χ3n) is 2.15. The van der Waals surface area contributed by atoms with Gasteiger partial charge in [0.15, 0.2) is 0 Å². The molecular formula is C12H10N2O2. The first-order valence-electron chi connectivity index (χ1n) is 4.79. The molecule has 4 heteroatoms. The van der Waals surface area contributed by atoms with Crippen LogP contribution in [0.4, 0.5) is 0 Å². The maximum absolute atomic E-state index is 8.52. The van der Waals surface area contributed by atoms with E-state index in [1.807, 2.05) is 30.3 Å². The van der Waals surface area contributed by atoms with Gasteiger partial charge in [-0.3, -0.25) is 0 Å². The zero-order valence-electron chi connectivity index (χ0n) is 8.80. The lowest BCUT2D eigenvalue weighted by Crippen LogP contribution is -1.84. The molecule has 0 amide bonds. The van der Waals surface area contributed by atoms with Crippen molar-refractivity contribution in [2.45, 2.75) is 6.42 Å². The van der Waals surface area contributed by atoms with Gasteiger partial charge in [0.1, 0.15) is 12.0 Å². The number of rotatable bonds is 3. The Morgan fingerprint density at radius 3 is 2.75 bits per heavy atom. The van der Waals surface area contributed by atoms with Gasteiger partial charge in [-0.25, -0.2) is 4.98 Å². The first-order chi connectivity index (χ1) is 7.83. The van der Waals surface area contributed by atoms with Crippen LogP contribution < -0.4 is 4.74 Å². The molecule has 0 radical (unpaired) electrons. The van der Waals surface area contributed by atoms with Crippen LogP contribution in [0.25, 0.3) is 11.5 Å². The van der Waals surface area contributed by atoms with Gasteiger partial charge < -0.3 is 9.15 Å². The SMILES string of the molecule is COc1ccc(-c2nc(CC#N)co2)cc1. The zero-order valence-corrected chi connectivity index (χ0v) is 8.80. The predicted molar refractivity (Wildman–Crippen MR) is 57.8 cm³/mol. The average Bonchev–Trinajstić information content (AvgIpc) is 2.78. The molecule has 1 aromatic carbocycles. The molecule has 1 heterocycles. The van der Waals surface area contributed by atoms with Crippen LogP contribution in [-0.4, -0.2) is 12.1 Å². The fourth-order valence-corrected chi connectivity index (χ4v) is 1.34. The number of hydrogen-bond acceptors (Lipinski definition) is 4. The summed E-state index contributed by atoms with van der Waals surface area (Å²) in [4.78, 5) is 4.20. The average molecular weight is 214 g/mol. The zero-order chi connectivity index (χ0) is 11.4. The van der Waals surface area contributed by atoms with E-state index >= 15 is 0 Å². The Kier molecular flexibility index (Phi) is 2.88. The summed E-state index contributed by atoms with van der Waals surface area (Å²) in [5.74, 6) is 1.31. The Bertz CT molecular complexity index is 509. The molecule has 0 fully saturated rings. The Balaban J connectivity index is 2.25. The van der Waals surface area contributed by atoms with Gasteiger partial charge >= 0.3 is 0 Å². The summed E-state index contributed by atoms with van der Waals surface area (Å²) in [5, 5.41) is 8.52. The highest BCUT2D eigenvalue weighted by Gasteiger charge is 2.06. The molecule has 0 atom stereocenters. The molecule has 2 rings (SSSR count). The first-order valence-corrected chi connectivity index (χ1v) is 4.79. The number of oxazole rings is 1. The molecule has 0 N–H and O–H groups in total. The maximum Gasteiger partial charge on any atom is 0.226 e. The Hall–Kier alpha value is -2.28. The van der Waals surface area contributed by atoms with E-state index < -0.39 is 0 Å². The summed E-state index contributed by atoms with van der Waals surface area (Å²) < 4.78 is 10.3. The van der Waals surface area contributed by atoms with Gasteiger partial charge in [0.05, 0.1) is 25.3 Å². The van der Waals surface area contributed by atoms with Crippen molar-refractivity contribution in [3.8, 4) is 23.3 Å². The van der Waals surface area contributed by atoms with Crippen LogP contribution in [0.1, 0.15) is 5.69 Å². The summed E-state index contributed by atoms with van der Waals surface area (Å²) in [5.41, 5.74) is 1.51. The molecule has 0 saturated heterocycles. The van der Waals surface area contributed by atoms with Crippen molar-refractivity contribution in [2.24, 2.45) is 0 Å². The molecule has 16 heavy (non-hydrogen) atoms. The van der Waals surface area contributed by atoms with Gasteiger partial charge in [-0.1, -0.05) is 0 Å². The monoisotopic (exact) mass is 214 g/mol. The van der Waals surface area contributed by atoms with E-state index in [1.165, 1.54) is 6.26 Å². The topological polar surface area (TPSA) is 59.0 Å². The largest absolute Gasteiger partial charge is 0.497 e. The highest BCUT2D eigenvalue weighted by Crippen LogP contribution is 2.21. The number of nitrogens with zero attached hydrogens (tertiary/aromatic N) is 2. The molecule has 80 valence electrons. The second-order valence-corrected chi connectivity index (χ2v) is 3.21. The lowest BCUT2D eigenvalue weighted by atomic mass is 10.2. The van der Waals surface area contributed by atoms with Crippen LogP contribution in [0.15, 0.2) is 34.9 Å². The molecule has 0 aliphatic heterocycles. The van der Waals surface area contributed by atoms with Crippen molar-refractivity contribution < 1.29 is 9.15 Å². The minimum absolute atomic E-state index is 0.264. The Morgan fingerprint density at radius 1 is 1.38 bits per heavy atom. The second kappa shape index (κ2) is 4.49. The number of aromatic nitrogens is 1. The van der Waals surface area contributed by atoms with Crippen LogP contribution in [0.3, 0.4) is 0 Å². The second-order valence-electron chi connectivity index (χ2n) is 3.21. The third kappa shape index (κ3) is 2.04. The van der Waals surface area contributed by atoms with Gasteiger partial charge in [0, 0.05) is 5.56 Å². The van der Waals surface area contributed by atoms with E-state index in [4.69, 9.17) is 14.4 Å². The molecule has 0 aliphatic rings. The van der Waals surface area contributed by atoms with Crippen molar-refractivity contribution >= 4 is 0 Å². The predicted octanol–water partition coefficient (Wildman–Crippen LogP) is 2.42. The van der Waals surface area contributed by atoms with Crippen molar-refractivity contribution in [3.05, 3.63) is 36.2 Å². The smallest absolute Gasteiger partial charge is 0.226 e. The van der Waals surface area contributed by atoms with Gasteiger partial charge in [-0.15, -0.1) is 0 Å². The molecule has 0 spiro atoms. The van der Waals surface area contributed by atoms with Gasteiger partial charge in [-0.2, -0.15) is 5.26 Å². The summed E-state index contributed by atoms with van der Waals surface area (Å²) in [6, 6.07) is 9.42. The van der Waals surface area contributed by atoms with Crippen molar-refractivity contribution in [2.75, 3.05) is 7.11 Å². The third-order valence-corrected chi connectivity index (χ3v) is 2.15. The van der Waals surface area contributed by atoms with Crippen LogP contribution >= 0.6 is 0 Å². The summed E-state index contributed by atoms with van der Waals surface area (Å²) in [6.45, 7) is 0. The highest BCUT2D eigenvalue weighted by atomic mass is 16.5. The quantitative estimate of drug-likeness (QED) is 0.787. The fraction of sp³-hybridized carbons (Fsp3) is 0.167. The molecule has 1 aromatic heterocycles.